The predicted molar refractivity (Wildman–Crippen MR) is 85.7 cm³/mol. The zero-order valence-corrected chi connectivity index (χ0v) is 13.3. The van der Waals surface area contributed by atoms with E-state index in [1.807, 2.05) is 25.1 Å². The lowest BCUT2D eigenvalue weighted by atomic mass is 10.1. The molecule has 0 heterocycles. The lowest BCUT2D eigenvalue weighted by Crippen LogP contribution is -2.20. The van der Waals surface area contributed by atoms with Crippen LogP contribution in [0.1, 0.15) is 17.2 Å². The minimum atomic E-state index is -0.363. The molecule has 0 bridgehead atoms. The van der Waals surface area contributed by atoms with Crippen LogP contribution in [0, 0.1) is 12.7 Å². The Morgan fingerprint density at radius 2 is 2.00 bits per heavy atom. The highest BCUT2D eigenvalue weighted by Gasteiger charge is 2.12. The van der Waals surface area contributed by atoms with E-state index in [9.17, 15) is 4.39 Å². The third-order valence-electron chi connectivity index (χ3n) is 2.91. The Balaban J connectivity index is 2.28. The fourth-order valence-electron chi connectivity index (χ4n) is 2.08. The average molecular weight is 358 g/mol. The van der Waals surface area contributed by atoms with Gasteiger partial charge in [0, 0.05) is 21.7 Å². The third-order valence-corrected chi connectivity index (χ3v) is 3.58. The maximum atomic E-state index is 13.4. The van der Waals surface area contributed by atoms with Crippen LogP contribution in [0.3, 0.4) is 0 Å². The van der Waals surface area contributed by atoms with Crippen molar-refractivity contribution in [2.24, 2.45) is 5.73 Å². The normalized spacial score (nSPS) is 12.2. The molecule has 2 nitrogen and oxygen atoms in total. The van der Waals surface area contributed by atoms with E-state index in [4.69, 9.17) is 17.3 Å². The first-order chi connectivity index (χ1) is 9.47. The van der Waals surface area contributed by atoms with E-state index in [0.29, 0.717) is 11.6 Å². The monoisotopic (exact) mass is 356 g/mol. The molecule has 0 aliphatic heterocycles. The zero-order chi connectivity index (χ0) is 14.7. The number of nitrogens with one attached hydrogen (secondary N) is 1. The second-order valence-corrected chi connectivity index (χ2v) is 6.00. The highest BCUT2D eigenvalue weighted by molar-refractivity contribution is 9.10. The topological polar surface area (TPSA) is 38.0 Å². The van der Waals surface area contributed by atoms with Gasteiger partial charge in [-0.05, 0) is 54.4 Å². The van der Waals surface area contributed by atoms with Crippen molar-refractivity contribution >= 4 is 33.2 Å². The van der Waals surface area contributed by atoms with Crippen LogP contribution in [-0.2, 0) is 0 Å². The molecule has 0 radical (unpaired) electrons. The van der Waals surface area contributed by atoms with Gasteiger partial charge in [0.25, 0.3) is 0 Å². The van der Waals surface area contributed by atoms with E-state index in [1.165, 1.54) is 12.1 Å². The van der Waals surface area contributed by atoms with Gasteiger partial charge in [-0.25, -0.2) is 4.39 Å². The Bertz CT molecular complexity index is 578. The molecule has 5 heteroatoms. The van der Waals surface area contributed by atoms with Gasteiger partial charge in [-0.1, -0.05) is 27.5 Å². The van der Waals surface area contributed by atoms with Crippen LogP contribution in [0.2, 0.25) is 5.02 Å². The molecule has 0 aliphatic carbocycles. The number of benzene rings is 2. The van der Waals surface area contributed by atoms with E-state index in [0.717, 1.165) is 21.3 Å². The van der Waals surface area contributed by atoms with Crippen LogP contribution in [0.25, 0.3) is 0 Å². The quantitative estimate of drug-likeness (QED) is 0.835. The van der Waals surface area contributed by atoms with E-state index >= 15 is 0 Å². The summed E-state index contributed by atoms with van der Waals surface area (Å²) in [5.41, 5.74) is 8.56. The fourth-order valence-corrected chi connectivity index (χ4v) is 2.91. The van der Waals surface area contributed by atoms with Crippen LogP contribution in [0.4, 0.5) is 10.1 Å². The van der Waals surface area contributed by atoms with E-state index in [1.54, 1.807) is 6.07 Å². The van der Waals surface area contributed by atoms with Gasteiger partial charge in [0.05, 0.1) is 6.04 Å². The predicted octanol–water partition coefficient (Wildman–Crippen LogP) is 4.66. The molecule has 20 heavy (non-hydrogen) atoms. The largest absolute Gasteiger partial charge is 0.377 e. The van der Waals surface area contributed by atoms with Crippen molar-refractivity contribution in [2.45, 2.75) is 13.0 Å². The third kappa shape index (κ3) is 3.95. The molecular weight excluding hydrogens is 343 g/mol. The summed E-state index contributed by atoms with van der Waals surface area (Å²) in [5, 5.41) is 3.67. The van der Waals surface area contributed by atoms with Crippen molar-refractivity contribution in [3.05, 3.63) is 62.8 Å². The van der Waals surface area contributed by atoms with Gasteiger partial charge in [-0.15, -0.1) is 0 Å². The van der Waals surface area contributed by atoms with Crippen molar-refractivity contribution in [1.29, 1.82) is 0 Å². The van der Waals surface area contributed by atoms with Crippen LogP contribution in [-0.4, -0.2) is 6.54 Å². The number of aryl methyl sites for hydroxylation is 1. The van der Waals surface area contributed by atoms with Crippen LogP contribution >= 0.6 is 27.5 Å². The Morgan fingerprint density at radius 3 is 2.60 bits per heavy atom. The van der Waals surface area contributed by atoms with Gasteiger partial charge >= 0.3 is 0 Å². The van der Waals surface area contributed by atoms with Crippen molar-refractivity contribution in [2.75, 3.05) is 11.9 Å². The van der Waals surface area contributed by atoms with Crippen LogP contribution < -0.4 is 11.1 Å². The highest BCUT2D eigenvalue weighted by Crippen LogP contribution is 2.25. The number of nitrogens with two attached hydrogens (primary N) is 1. The maximum absolute atomic E-state index is 13.4. The summed E-state index contributed by atoms with van der Waals surface area (Å²) >= 11 is 9.34. The smallest absolute Gasteiger partial charge is 0.125 e. The lowest BCUT2D eigenvalue weighted by Gasteiger charge is -2.19. The molecular formula is C15H15BrClFN2. The van der Waals surface area contributed by atoms with Crippen molar-refractivity contribution in [3.63, 3.8) is 0 Å². The van der Waals surface area contributed by atoms with Crippen molar-refractivity contribution in [3.8, 4) is 0 Å². The number of hydrogen-bond donors (Lipinski definition) is 2. The SMILES string of the molecule is Cc1cc(Br)cc(NC(CN)c2cc(F)cc(Cl)c2)c1. The number of rotatable bonds is 4. The van der Waals surface area contributed by atoms with Gasteiger partial charge in [-0.2, -0.15) is 0 Å². The molecule has 1 unspecified atom stereocenters. The summed E-state index contributed by atoms with van der Waals surface area (Å²) in [6.45, 7) is 2.35. The summed E-state index contributed by atoms with van der Waals surface area (Å²) in [6.07, 6.45) is 0. The first-order valence-corrected chi connectivity index (χ1v) is 7.35. The Morgan fingerprint density at radius 1 is 1.25 bits per heavy atom. The molecule has 0 aromatic heterocycles. The molecule has 106 valence electrons. The lowest BCUT2D eigenvalue weighted by molar-refractivity contribution is 0.622. The molecule has 2 aromatic carbocycles. The molecule has 0 saturated heterocycles. The standard InChI is InChI=1S/C15H15BrClFN2/c1-9-2-11(16)6-14(3-9)20-15(8-19)10-4-12(17)7-13(18)5-10/h2-7,15,20H,8,19H2,1H3. The average Bonchev–Trinajstić information content (AvgIpc) is 2.33. The molecule has 2 rings (SSSR count). The minimum absolute atomic E-state index is 0.197. The summed E-state index contributed by atoms with van der Waals surface area (Å²) in [4.78, 5) is 0. The van der Waals surface area contributed by atoms with Gasteiger partial charge in [0.15, 0.2) is 0 Å². The van der Waals surface area contributed by atoms with Gasteiger partial charge in [0.1, 0.15) is 5.82 Å². The van der Waals surface area contributed by atoms with E-state index in [2.05, 4.69) is 21.2 Å². The summed E-state index contributed by atoms with van der Waals surface area (Å²) in [6, 6.07) is 10.2. The summed E-state index contributed by atoms with van der Waals surface area (Å²) < 4.78 is 14.4. The number of halogens is 3. The van der Waals surface area contributed by atoms with E-state index in [-0.39, 0.29) is 11.9 Å². The zero-order valence-electron chi connectivity index (χ0n) is 11.0. The van der Waals surface area contributed by atoms with Crippen LogP contribution in [0.5, 0.6) is 0 Å². The second-order valence-electron chi connectivity index (χ2n) is 4.65. The first-order valence-electron chi connectivity index (χ1n) is 6.17. The van der Waals surface area contributed by atoms with E-state index < -0.39 is 0 Å². The highest BCUT2D eigenvalue weighted by atomic mass is 79.9. The van der Waals surface area contributed by atoms with Gasteiger partial charge < -0.3 is 11.1 Å². The summed E-state index contributed by atoms with van der Waals surface area (Å²) in [7, 11) is 0. The Hall–Kier alpha value is -1.10. The number of hydrogen-bond acceptors (Lipinski definition) is 2. The molecule has 0 aliphatic rings. The second kappa shape index (κ2) is 6.57. The Labute approximate surface area is 131 Å². The molecule has 0 fully saturated rings. The molecule has 3 N–H and O–H groups in total. The molecule has 0 amide bonds. The molecule has 1 atom stereocenters. The first kappa shape index (κ1) is 15.3. The van der Waals surface area contributed by atoms with Gasteiger partial charge in [0.2, 0.25) is 0 Å². The molecule has 0 saturated carbocycles. The Kier molecular flexibility index (Phi) is 5.02. The minimum Gasteiger partial charge on any atom is -0.377 e. The molecule has 0 spiro atoms. The van der Waals surface area contributed by atoms with Gasteiger partial charge in [-0.3, -0.25) is 0 Å². The summed E-state index contributed by atoms with van der Waals surface area (Å²) in [5.74, 6) is -0.363. The van der Waals surface area contributed by atoms with Crippen LogP contribution in [0.15, 0.2) is 40.9 Å². The maximum Gasteiger partial charge on any atom is 0.125 e. The number of anilines is 1. The van der Waals surface area contributed by atoms with Crippen molar-refractivity contribution in [1.82, 2.24) is 0 Å². The fraction of sp³-hybridized carbons (Fsp3) is 0.200. The van der Waals surface area contributed by atoms with Crippen molar-refractivity contribution < 1.29 is 4.39 Å². The molecule has 2 aromatic rings.